The number of thioether (sulfide) groups is 1. The maximum absolute atomic E-state index is 12.8. The smallest absolute Gasteiger partial charge is 0.193 e. The van der Waals surface area contributed by atoms with Gasteiger partial charge in [0.15, 0.2) is 5.96 Å². The van der Waals surface area contributed by atoms with Gasteiger partial charge < -0.3 is 20.5 Å². The van der Waals surface area contributed by atoms with Gasteiger partial charge in [0.25, 0.3) is 0 Å². The van der Waals surface area contributed by atoms with Crippen molar-refractivity contribution in [3.8, 4) is 11.5 Å². The van der Waals surface area contributed by atoms with Crippen molar-refractivity contribution in [2.45, 2.75) is 11.3 Å². The van der Waals surface area contributed by atoms with E-state index in [1.54, 1.807) is 50.2 Å². The predicted molar refractivity (Wildman–Crippen MR) is 117 cm³/mol. The van der Waals surface area contributed by atoms with Gasteiger partial charge in [0.05, 0.1) is 19.9 Å². The molecule has 0 aromatic heterocycles. The fourth-order valence-corrected chi connectivity index (χ4v) is 2.91. The summed E-state index contributed by atoms with van der Waals surface area (Å²) in [5.74, 6) is 2.34. The van der Waals surface area contributed by atoms with Crippen molar-refractivity contribution in [1.29, 1.82) is 0 Å². The zero-order valence-corrected chi connectivity index (χ0v) is 17.8. The first-order chi connectivity index (χ1) is 12.1. The molecule has 0 heterocycles. The molecule has 0 saturated carbocycles. The minimum atomic E-state index is -0.222. The zero-order valence-electron chi connectivity index (χ0n) is 14.7. The Bertz CT molecular complexity index is 714. The van der Waals surface area contributed by atoms with E-state index in [-0.39, 0.29) is 29.8 Å². The van der Waals surface area contributed by atoms with E-state index in [1.165, 1.54) is 12.1 Å². The molecule has 142 valence electrons. The van der Waals surface area contributed by atoms with Crippen molar-refractivity contribution in [1.82, 2.24) is 0 Å². The molecule has 0 saturated heterocycles. The van der Waals surface area contributed by atoms with Crippen LogP contribution in [0, 0.1) is 5.82 Å². The standard InChI is InChI=1S/C18H22FN3O2S.HI/c1-23-14-6-9-17(24-2)16(12-14)22-18(20)21-10-3-11-25-15-7-4-13(19)5-8-15;/h4-9,12H,3,10-11H2,1-2H3,(H3,20,21,22);1H. The van der Waals surface area contributed by atoms with Crippen molar-refractivity contribution in [3.63, 3.8) is 0 Å². The van der Waals surface area contributed by atoms with Gasteiger partial charge in [-0.3, -0.25) is 4.99 Å². The second-order valence-corrected chi connectivity index (χ2v) is 6.28. The molecular weight excluding hydrogens is 468 g/mol. The first-order valence-corrected chi connectivity index (χ1v) is 8.78. The van der Waals surface area contributed by atoms with E-state index in [0.717, 1.165) is 17.1 Å². The Morgan fingerprint density at radius 2 is 1.88 bits per heavy atom. The molecule has 0 aliphatic rings. The van der Waals surface area contributed by atoms with Crippen LogP contribution in [0.15, 0.2) is 52.4 Å². The quantitative estimate of drug-likeness (QED) is 0.189. The third-order valence-corrected chi connectivity index (χ3v) is 4.43. The van der Waals surface area contributed by atoms with Crippen LogP contribution in [0.3, 0.4) is 0 Å². The summed E-state index contributed by atoms with van der Waals surface area (Å²) in [6.07, 6.45) is 0.861. The van der Waals surface area contributed by atoms with Crippen LogP contribution in [0.25, 0.3) is 0 Å². The van der Waals surface area contributed by atoms with Gasteiger partial charge in [-0.1, -0.05) is 0 Å². The lowest BCUT2D eigenvalue weighted by atomic mass is 10.2. The zero-order chi connectivity index (χ0) is 18.1. The molecule has 0 atom stereocenters. The fraction of sp³-hybridized carbons (Fsp3) is 0.278. The van der Waals surface area contributed by atoms with Crippen LogP contribution >= 0.6 is 35.7 Å². The Labute approximate surface area is 174 Å². The van der Waals surface area contributed by atoms with E-state index >= 15 is 0 Å². The van der Waals surface area contributed by atoms with E-state index in [2.05, 4.69) is 10.3 Å². The number of nitrogens with zero attached hydrogens (tertiary/aromatic N) is 1. The Kier molecular flexibility index (Phi) is 10.2. The molecule has 26 heavy (non-hydrogen) atoms. The minimum Gasteiger partial charge on any atom is -0.497 e. The van der Waals surface area contributed by atoms with Crippen molar-refractivity contribution in [2.24, 2.45) is 10.7 Å². The summed E-state index contributed by atoms with van der Waals surface area (Å²) in [5, 5.41) is 3.03. The van der Waals surface area contributed by atoms with Crippen molar-refractivity contribution in [3.05, 3.63) is 48.3 Å². The number of hydrogen-bond donors (Lipinski definition) is 2. The number of aliphatic imine (C=N–C) groups is 1. The van der Waals surface area contributed by atoms with Crippen LogP contribution < -0.4 is 20.5 Å². The van der Waals surface area contributed by atoms with Crippen molar-refractivity contribution >= 4 is 47.4 Å². The number of nitrogens with one attached hydrogen (secondary N) is 1. The van der Waals surface area contributed by atoms with Gasteiger partial charge in [-0.2, -0.15) is 0 Å². The summed E-state index contributed by atoms with van der Waals surface area (Å²) in [4.78, 5) is 5.35. The fourth-order valence-electron chi connectivity index (χ4n) is 2.07. The first-order valence-electron chi connectivity index (χ1n) is 7.79. The van der Waals surface area contributed by atoms with Gasteiger partial charge >= 0.3 is 0 Å². The number of nitrogens with two attached hydrogens (primary N) is 1. The molecule has 0 radical (unpaired) electrons. The molecule has 0 fully saturated rings. The van der Waals surface area contributed by atoms with Crippen LogP contribution in [-0.4, -0.2) is 32.5 Å². The van der Waals surface area contributed by atoms with Gasteiger partial charge in [0.2, 0.25) is 0 Å². The predicted octanol–water partition coefficient (Wildman–Crippen LogP) is 4.37. The molecule has 3 N–H and O–H groups in total. The Balaban J connectivity index is 0.00000338. The number of rotatable bonds is 8. The van der Waals surface area contributed by atoms with Gasteiger partial charge in [0, 0.05) is 17.5 Å². The Morgan fingerprint density at radius 3 is 2.54 bits per heavy atom. The van der Waals surface area contributed by atoms with Gasteiger partial charge in [-0.15, -0.1) is 35.7 Å². The molecule has 0 unspecified atom stereocenters. The molecule has 0 aliphatic heterocycles. The Morgan fingerprint density at radius 1 is 1.15 bits per heavy atom. The van der Waals surface area contributed by atoms with Crippen molar-refractivity contribution in [2.75, 3.05) is 31.8 Å². The number of benzene rings is 2. The molecule has 0 bridgehead atoms. The summed E-state index contributed by atoms with van der Waals surface area (Å²) < 4.78 is 23.3. The molecule has 0 aliphatic carbocycles. The largest absolute Gasteiger partial charge is 0.497 e. The lowest BCUT2D eigenvalue weighted by molar-refractivity contribution is 0.405. The highest BCUT2D eigenvalue weighted by Crippen LogP contribution is 2.28. The monoisotopic (exact) mass is 491 g/mol. The molecule has 8 heteroatoms. The van der Waals surface area contributed by atoms with Gasteiger partial charge in [-0.05, 0) is 48.6 Å². The third kappa shape index (κ3) is 7.28. The summed E-state index contributed by atoms with van der Waals surface area (Å²) in [6.45, 7) is 0.597. The number of hydrogen-bond acceptors (Lipinski definition) is 4. The summed E-state index contributed by atoms with van der Waals surface area (Å²) in [7, 11) is 3.19. The number of halogens is 2. The number of methoxy groups -OCH3 is 2. The maximum atomic E-state index is 12.8. The molecular formula is C18H23FIN3O2S. The average molecular weight is 491 g/mol. The molecule has 5 nitrogen and oxygen atoms in total. The van der Waals surface area contributed by atoms with E-state index in [9.17, 15) is 4.39 Å². The molecule has 2 aromatic carbocycles. The first kappa shape index (κ1) is 22.4. The molecule has 0 amide bonds. The van der Waals surface area contributed by atoms with Crippen LogP contribution in [0.1, 0.15) is 6.42 Å². The molecule has 2 aromatic rings. The second kappa shape index (κ2) is 11.8. The highest BCUT2D eigenvalue weighted by Gasteiger charge is 2.06. The summed E-state index contributed by atoms with van der Waals surface area (Å²) >= 11 is 1.66. The normalized spacial score (nSPS) is 10.8. The topological polar surface area (TPSA) is 68.9 Å². The van der Waals surface area contributed by atoms with Crippen molar-refractivity contribution < 1.29 is 13.9 Å². The number of anilines is 1. The van der Waals surface area contributed by atoms with Gasteiger partial charge in [0.1, 0.15) is 17.3 Å². The minimum absolute atomic E-state index is 0. The number of ether oxygens (including phenoxy) is 2. The lowest BCUT2D eigenvalue weighted by Gasteiger charge is -2.12. The SMILES string of the molecule is COc1ccc(OC)c(NC(N)=NCCCSc2ccc(F)cc2)c1.I. The Hall–Kier alpha value is -1.68. The number of guanidine groups is 1. The van der Waals surface area contributed by atoms with Crippen LogP contribution in [0.4, 0.5) is 10.1 Å². The summed E-state index contributed by atoms with van der Waals surface area (Å²) in [6, 6.07) is 11.9. The van der Waals surface area contributed by atoms with E-state index in [1.807, 2.05) is 6.07 Å². The average Bonchev–Trinajstić information content (AvgIpc) is 2.63. The lowest BCUT2D eigenvalue weighted by Crippen LogP contribution is -2.23. The van der Waals surface area contributed by atoms with Gasteiger partial charge in [-0.25, -0.2) is 4.39 Å². The highest BCUT2D eigenvalue weighted by atomic mass is 127. The van der Waals surface area contributed by atoms with E-state index in [4.69, 9.17) is 15.2 Å². The van der Waals surface area contributed by atoms with E-state index in [0.29, 0.717) is 29.7 Å². The summed E-state index contributed by atoms with van der Waals surface area (Å²) in [5.41, 5.74) is 6.62. The van der Waals surface area contributed by atoms with Crippen LogP contribution in [0.2, 0.25) is 0 Å². The van der Waals surface area contributed by atoms with Crippen LogP contribution in [0.5, 0.6) is 11.5 Å². The molecule has 0 spiro atoms. The third-order valence-electron chi connectivity index (χ3n) is 3.34. The maximum Gasteiger partial charge on any atom is 0.193 e. The van der Waals surface area contributed by atoms with E-state index < -0.39 is 0 Å². The highest BCUT2D eigenvalue weighted by molar-refractivity contribution is 14.0. The molecule has 2 rings (SSSR count). The second-order valence-electron chi connectivity index (χ2n) is 5.11. The van der Waals surface area contributed by atoms with Crippen LogP contribution in [-0.2, 0) is 0 Å².